The van der Waals surface area contributed by atoms with Crippen LogP contribution in [-0.2, 0) is 4.74 Å². The molecule has 0 aromatic heterocycles. The summed E-state index contributed by atoms with van der Waals surface area (Å²) >= 11 is 0. The third-order valence-electron chi connectivity index (χ3n) is 4.92. The molecular weight excluding hydrogens is 362 g/mol. The van der Waals surface area contributed by atoms with E-state index in [2.05, 4.69) is 15.6 Å². The molecule has 2 N–H and O–H groups in total. The molecule has 150 valence electrons. The zero-order valence-corrected chi connectivity index (χ0v) is 16.2. The normalized spacial score (nSPS) is 18.2. The van der Waals surface area contributed by atoms with Crippen molar-refractivity contribution < 1.29 is 13.5 Å². The Morgan fingerprint density at radius 1 is 1.18 bits per heavy atom. The lowest BCUT2D eigenvalue weighted by molar-refractivity contribution is 0.106. The van der Waals surface area contributed by atoms with Gasteiger partial charge in [0.1, 0.15) is 17.3 Å². The molecule has 2 aromatic rings. The van der Waals surface area contributed by atoms with E-state index in [4.69, 9.17) is 4.74 Å². The second-order valence-corrected chi connectivity index (χ2v) is 6.73. The molecule has 2 aromatic carbocycles. The lowest BCUT2D eigenvalue weighted by Crippen LogP contribution is -2.45. The molecule has 0 spiro atoms. The summed E-state index contributed by atoms with van der Waals surface area (Å²) in [4.78, 5) is 5.99. The van der Waals surface area contributed by atoms with Crippen LogP contribution in [0.15, 0.2) is 53.5 Å². The number of methoxy groups -OCH3 is 1. The summed E-state index contributed by atoms with van der Waals surface area (Å²) in [6.45, 7) is 1.64. The van der Waals surface area contributed by atoms with Gasteiger partial charge in [0.2, 0.25) is 0 Å². The topological polar surface area (TPSA) is 48.9 Å². The highest BCUT2D eigenvalue weighted by atomic mass is 19.1. The molecular formula is C21H26F2N4O. The maximum atomic E-state index is 14.0. The minimum atomic E-state index is -0.533. The van der Waals surface area contributed by atoms with Crippen molar-refractivity contribution in [1.82, 2.24) is 10.6 Å². The van der Waals surface area contributed by atoms with Gasteiger partial charge in [-0.05, 0) is 24.1 Å². The Morgan fingerprint density at radius 3 is 2.54 bits per heavy atom. The maximum Gasteiger partial charge on any atom is 0.191 e. The zero-order valence-electron chi connectivity index (χ0n) is 16.2. The number of rotatable bonds is 6. The van der Waals surface area contributed by atoms with Crippen LogP contribution in [0.3, 0.4) is 0 Å². The third-order valence-corrected chi connectivity index (χ3v) is 4.92. The largest absolute Gasteiger partial charge is 0.375 e. The quantitative estimate of drug-likeness (QED) is 0.590. The van der Waals surface area contributed by atoms with E-state index in [0.29, 0.717) is 25.6 Å². The second-order valence-electron chi connectivity index (χ2n) is 6.73. The van der Waals surface area contributed by atoms with Crippen LogP contribution in [0.2, 0.25) is 0 Å². The van der Waals surface area contributed by atoms with Crippen molar-refractivity contribution in [3.05, 3.63) is 65.7 Å². The standard InChI is InChI=1S/C21H26F2N4O/c1-24-21(25-13-19(28-2)15-7-4-3-5-8-15)26-16-11-12-27(14-16)20-17(22)9-6-10-18(20)23/h3-10,16,19H,11-14H2,1-2H3,(H2,24,25,26). The van der Waals surface area contributed by atoms with E-state index in [0.717, 1.165) is 12.0 Å². The van der Waals surface area contributed by atoms with Gasteiger partial charge in [0.15, 0.2) is 5.96 Å². The van der Waals surface area contributed by atoms with E-state index in [1.807, 2.05) is 30.3 Å². The van der Waals surface area contributed by atoms with E-state index < -0.39 is 11.6 Å². The maximum absolute atomic E-state index is 14.0. The Balaban J connectivity index is 1.56. The van der Waals surface area contributed by atoms with E-state index in [1.165, 1.54) is 18.2 Å². The van der Waals surface area contributed by atoms with Crippen molar-refractivity contribution in [3.8, 4) is 0 Å². The SMILES string of the molecule is CN=C(NCC(OC)c1ccccc1)NC1CCN(c2c(F)cccc2F)C1. The van der Waals surface area contributed by atoms with Crippen LogP contribution < -0.4 is 15.5 Å². The Labute approximate surface area is 164 Å². The second kappa shape index (κ2) is 9.50. The number of para-hydroxylation sites is 1. The van der Waals surface area contributed by atoms with Crippen LogP contribution in [-0.4, -0.2) is 45.8 Å². The summed E-state index contributed by atoms with van der Waals surface area (Å²) in [6, 6.07) is 13.9. The number of ether oxygens (including phenoxy) is 1. The van der Waals surface area contributed by atoms with E-state index in [9.17, 15) is 8.78 Å². The van der Waals surface area contributed by atoms with Crippen molar-refractivity contribution in [2.75, 3.05) is 38.7 Å². The first-order valence-corrected chi connectivity index (χ1v) is 9.36. The molecule has 5 nitrogen and oxygen atoms in total. The molecule has 0 saturated carbocycles. The number of hydrogen-bond acceptors (Lipinski definition) is 3. The molecule has 1 saturated heterocycles. The lowest BCUT2D eigenvalue weighted by atomic mass is 10.1. The average Bonchev–Trinajstić information content (AvgIpc) is 3.16. The third kappa shape index (κ3) is 4.78. The summed E-state index contributed by atoms with van der Waals surface area (Å²) in [5.74, 6) is -0.429. The number of nitrogens with zero attached hydrogens (tertiary/aromatic N) is 2. The molecule has 3 rings (SSSR count). The van der Waals surface area contributed by atoms with Crippen LogP contribution >= 0.6 is 0 Å². The smallest absolute Gasteiger partial charge is 0.191 e. The summed E-state index contributed by atoms with van der Waals surface area (Å²) < 4.78 is 33.6. The molecule has 0 amide bonds. The predicted octanol–water partition coefficient (Wildman–Crippen LogP) is 3.10. The summed E-state index contributed by atoms with van der Waals surface area (Å²) in [5, 5.41) is 6.60. The van der Waals surface area contributed by atoms with Crippen LogP contribution in [0.4, 0.5) is 14.5 Å². The Hall–Kier alpha value is -2.67. The van der Waals surface area contributed by atoms with Gasteiger partial charge in [0.05, 0.1) is 6.10 Å². The molecule has 28 heavy (non-hydrogen) atoms. The van der Waals surface area contributed by atoms with Gasteiger partial charge >= 0.3 is 0 Å². The molecule has 1 fully saturated rings. The van der Waals surface area contributed by atoms with Gasteiger partial charge in [0, 0.05) is 39.8 Å². The monoisotopic (exact) mass is 388 g/mol. The number of guanidine groups is 1. The van der Waals surface area contributed by atoms with Crippen molar-refractivity contribution in [3.63, 3.8) is 0 Å². The number of nitrogens with one attached hydrogen (secondary N) is 2. The fourth-order valence-electron chi connectivity index (χ4n) is 3.45. The van der Waals surface area contributed by atoms with Gasteiger partial charge in [-0.3, -0.25) is 4.99 Å². The van der Waals surface area contributed by atoms with Gasteiger partial charge in [-0.15, -0.1) is 0 Å². The van der Waals surface area contributed by atoms with Crippen LogP contribution in [0.1, 0.15) is 18.1 Å². The first-order valence-electron chi connectivity index (χ1n) is 9.36. The average molecular weight is 388 g/mol. The number of benzene rings is 2. The molecule has 7 heteroatoms. The fraction of sp³-hybridized carbons (Fsp3) is 0.381. The summed E-state index contributed by atoms with van der Waals surface area (Å²) in [7, 11) is 3.37. The summed E-state index contributed by atoms with van der Waals surface area (Å²) in [5.41, 5.74) is 1.12. The Kier molecular flexibility index (Phi) is 6.81. The van der Waals surface area contributed by atoms with Gasteiger partial charge in [-0.1, -0.05) is 36.4 Å². The molecule has 2 atom stereocenters. The van der Waals surface area contributed by atoms with E-state index in [1.54, 1.807) is 19.1 Å². The summed E-state index contributed by atoms with van der Waals surface area (Å²) in [6.07, 6.45) is 0.660. The minimum absolute atomic E-state index is 0.0401. The number of hydrogen-bond donors (Lipinski definition) is 2. The predicted molar refractivity (Wildman–Crippen MR) is 108 cm³/mol. The van der Waals surface area contributed by atoms with Crippen molar-refractivity contribution in [2.24, 2.45) is 4.99 Å². The fourth-order valence-corrected chi connectivity index (χ4v) is 3.45. The van der Waals surface area contributed by atoms with Crippen LogP contribution in [0.5, 0.6) is 0 Å². The van der Waals surface area contributed by atoms with Crippen molar-refractivity contribution in [1.29, 1.82) is 0 Å². The molecule has 0 radical (unpaired) electrons. The number of aliphatic imine (C=N–C) groups is 1. The first kappa shape index (κ1) is 20.1. The van der Waals surface area contributed by atoms with Gasteiger partial charge in [0.25, 0.3) is 0 Å². The molecule has 1 aliphatic rings. The highest BCUT2D eigenvalue weighted by Crippen LogP contribution is 2.26. The number of halogens is 2. The van der Waals surface area contributed by atoms with Gasteiger partial charge in [-0.2, -0.15) is 0 Å². The Bertz CT molecular complexity index is 780. The lowest BCUT2D eigenvalue weighted by Gasteiger charge is -2.22. The highest BCUT2D eigenvalue weighted by molar-refractivity contribution is 5.80. The Morgan fingerprint density at radius 2 is 1.89 bits per heavy atom. The van der Waals surface area contributed by atoms with Crippen molar-refractivity contribution >= 4 is 11.6 Å². The first-order chi connectivity index (χ1) is 13.6. The molecule has 0 aliphatic carbocycles. The van der Waals surface area contributed by atoms with E-state index >= 15 is 0 Å². The molecule has 2 unspecified atom stereocenters. The number of anilines is 1. The van der Waals surface area contributed by atoms with Gasteiger partial charge in [-0.25, -0.2) is 8.78 Å². The minimum Gasteiger partial charge on any atom is -0.375 e. The molecule has 1 aliphatic heterocycles. The van der Waals surface area contributed by atoms with Crippen molar-refractivity contribution in [2.45, 2.75) is 18.6 Å². The molecule has 0 bridgehead atoms. The molecule has 1 heterocycles. The van der Waals surface area contributed by atoms with E-state index in [-0.39, 0.29) is 17.8 Å². The van der Waals surface area contributed by atoms with Gasteiger partial charge < -0.3 is 20.3 Å². The van der Waals surface area contributed by atoms with Crippen LogP contribution in [0.25, 0.3) is 0 Å². The van der Waals surface area contributed by atoms with Crippen LogP contribution in [0, 0.1) is 11.6 Å². The zero-order chi connectivity index (χ0) is 19.9. The highest BCUT2D eigenvalue weighted by Gasteiger charge is 2.27.